The normalized spacial score (nSPS) is 12.6. The second kappa shape index (κ2) is 7.63. The number of ether oxygens (including phenoxy) is 1. The Morgan fingerprint density at radius 3 is 2.30 bits per heavy atom. The molecule has 0 bridgehead atoms. The summed E-state index contributed by atoms with van der Waals surface area (Å²) in [7, 11) is 0. The van der Waals surface area contributed by atoms with Crippen LogP contribution in [0.3, 0.4) is 0 Å². The van der Waals surface area contributed by atoms with Gasteiger partial charge in [0.25, 0.3) is 5.91 Å². The highest BCUT2D eigenvalue weighted by Crippen LogP contribution is 2.34. The lowest BCUT2D eigenvalue weighted by atomic mass is 10.1. The monoisotopic (exact) mass is 391 g/mol. The van der Waals surface area contributed by atoms with Gasteiger partial charge in [0.1, 0.15) is 5.75 Å². The molecule has 122 valence electrons. The Morgan fingerprint density at radius 2 is 1.70 bits per heavy atom. The van der Waals surface area contributed by atoms with Gasteiger partial charge in [0.05, 0.1) is 5.02 Å². The van der Waals surface area contributed by atoms with Gasteiger partial charge in [-0.2, -0.15) is 0 Å². The van der Waals surface area contributed by atoms with Crippen molar-refractivity contribution in [2.75, 3.05) is 0 Å². The Morgan fingerprint density at radius 1 is 1.09 bits per heavy atom. The van der Waals surface area contributed by atoms with Crippen LogP contribution in [0.15, 0.2) is 48.5 Å². The number of benzene rings is 2. The SMILES string of the molecule is Cc1ccccc1C(=O)NC(Oc1ccccc1Cl)C(Cl)(Cl)Cl. The Hall–Kier alpha value is -1.13. The second-order valence-corrected chi connectivity index (χ2v) is 7.53. The molecule has 0 spiro atoms. The van der Waals surface area contributed by atoms with Crippen molar-refractivity contribution in [2.24, 2.45) is 0 Å². The third-order valence-corrected chi connectivity index (χ3v) is 3.94. The van der Waals surface area contributed by atoms with Gasteiger partial charge in [0.15, 0.2) is 0 Å². The van der Waals surface area contributed by atoms with Crippen molar-refractivity contribution in [3.8, 4) is 5.75 Å². The molecule has 3 nitrogen and oxygen atoms in total. The van der Waals surface area contributed by atoms with Gasteiger partial charge in [-0.3, -0.25) is 4.79 Å². The number of rotatable bonds is 4. The first-order valence-electron chi connectivity index (χ1n) is 6.63. The summed E-state index contributed by atoms with van der Waals surface area (Å²) in [4.78, 5) is 12.4. The molecule has 7 heteroatoms. The summed E-state index contributed by atoms with van der Waals surface area (Å²) >= 11 is 23.8. The highest BCUT2D eigenvalue weighted by atomic mass is 35.6. The van der Waals surface area contributed by atoms with Crippen LogP contribution < -0.4 is 10.1 Å². The number of nitrogens with one attached hydrogen (secondary N) is 1. The van der Waals surface area contributed by atoms with Gasteiger partial charge >= 0.3 is 0 Å². The van der Waals surface area contributed by atoms with Crippen molar-refractivity contribution in [3.05, 3.63) is 64.7 Å². The Labute approximate surface area is 154 Å². The number of para-hydroxylation sites is 1. The highest BCUT2D eigenvalue weighted by molar-refractivity contribution is 6.68. The zero-order chi connectivity index (χ0) is 17.0. The fourth-order valence-corrected chi connectivity index (χ4v) is 2.35. The number of amides is 1. The fraction of sp³-hybridized carbons (Fsp3) is 0.188. The molecule has 0 radical (unpaired) electrons. The smallest absolute Gasteiger partial charge is 0.254 e. The van der Waals surface area contributed by atoms with Crippen LogP contribution >= 0.6 is 46.4 Å². The predicted molar refractivity (Wildman–Crippen MR) is 94.8 cm³/mol. The van der Waals surface area contributed by atoms with E-state index in [1.54, 1.807) is 36.4 Å². The molecule has 0 aliphatic heterocycles. The maximum atomic E-state index is 12.4. The zero-order valence-electron chi connectivity index (χ0n) is 12.0. The molecule has 0 heterocycles. The number of alkyl halides is 3. The quantitative estimate of drug-likeness (QED) is 0.576. The number of halogens is 4. The Kier molecular flexibility index (Phi) is 6.04. The number of aryl methyl sites for hydroxylation is 1. The molecule has 23 heavy (non-hydrogen) atoms. The summed E-state index contributed by atoms with van der Waals surface area (Å²) in [6.07, 6.45) is -1.21. The lowest BCUT2D eigenvalue weighted by Crippen LogP contribution is -2.48. The van der Waals surface area contributed by atoms with Crippen molar-refractivity contribution >= 4 is 52.3 Å². The Balaban J connectivity index is 2.22. The summed E-state index contributed by atoms with van der Waals surface area (Å²) < 4.78 is 3.70. The third-order valence-electron chi connectivity index (χ3n) is 3.03. The molecule has 0 aliphatic carbocycles. The van der Waals surface area contributed by atoms with E-state index >= 15 is 0 Å². The molecule has 0 fully saturated rings. The minimum absolute atomic E-state index is 0.301. The molecule has 2 aromatic carbocycles. The average Bonchev–Trinajstić information content (AvgIpc) is 2.48. The van der Waals surface area contributed by atoms with Gasteiger partial charge in [-0.05, 0) is 30.7 Å². The van der Waals surface area contributed by atoms with Gasteiger partial charge < -0.3 is 10.1 Å². The van der Waals surface area contributed by atoms with Crippen LogP contribution in [0.25, 0.3) is 0 Å². The molecule has 1 N–H and O–H groups in total. The van der Waals surface area contributed by atoms with Crippen LogP contribution in [0, 0.1) is 6.92 Å². The standard InChI is InChI=1S/C16H13Cl4NO2/c1-10-6-2-3-7-11(10)14(22)21-15(16(18,19)20)23-13-9-5-4-8-12(13)17/h2-9,15H,1H3,(H,21,22). The molecule has 1 amide bonds. The van der Waals surface area contributed by atoms with Gasteiger partial charge in [-0.15, -0.1) is 0 Å². The average molecular weight is 393 g/mol. The summed E-state index contributed by atoms with van der Waals surface area (Å²) in [5.74, 6) is -0.109. The summed E-state index contributed by atoms with van der Waals surface area (Å²) in [6, 6.07) is 13.8. The number of carbonyl (C=O) groups excluding carboxylic acids is 1. The highest BCUT2D eigenvalue weighted by Gasteiger charge is 2.37. The van der Waals surface area contributed by atoms with E-state index in [0.29, 0.717) is 16.3 Å². The van der Waals surface area contributed by atoms with Gasteiger partial charge in [-0.1, -0.05) is 76.7 Å². The predicted octanol–water partition coefficient (Wildman–Crippen LogP) is 5.15. The van der Waals surface area contributed by atoms with Gasteiger partial charge in [0, 0.05) is 5.56 Å². The van der Waals surface area contributed by atoms with Crippen molar-refractivity contribution in [2.45, 2.75) is 16.9 Å². The molecular formula is C16H13Cl4NO2. The number of hydrogen-bond acceptors (Lipinski definition) is 2. The molecule has 1 atom stereocenters. The van der Waals surface area contributed by atoms with Crippen molar-refractivity contribution in [1.29, 1.82) is 0 Å². The van der Waals surface area contributed by atoms with Crippen LogP contribution in [0.5, 0.6) is 5.75 Å². The first kappa shape index (κ1) is 18.2. The summed E-state index contributed by atoms with van der Waals surface area (Å²) in [5, 5.41) is 2.92. The minimum atomic E-state index is -1.88. The molecular weight excluding hydrogens is 380 g/mol. The lowest BCUT2D eigenvalue weighted by Gasteiger charge is -2.26. The van der Waals surface area contributed by atoms with E-state index in [1.165, 1.54) is 0 Å². The van der Waals surface area contributed by atoms with Crippen LogP contribution in [-0.2, 0) is 0 Å². The van der Waals surface area contributed by atoms with Crippen molar-refractivity contribution in [3.63, 3.8) is 0 Å². The van der Waals surface area contributed by atoms with E-state index in [4.69, 9.17) is 51.1 Å². The van der Waals surface area contributed by atoms with Crippen LogP contribution in [0.1, 0.15) is 15.9 Å². The summed E-state index contributed by atoms with van der Waals surface area (Å²) in [6.45, 7) is 1.81. The zero-order valence-corrected chi connectivity index (χ0v) is 15.0. The van der Waals surface area contributed by atoms with E-state index in [9.17, 15) is 4.79 Å². The second-order valence-electron chi connectivity index (χ2n) is 4.76. The molecule has 2 aromatic rings. The molecule has 0 aliphatic rings. The summed E-state index contributed by atoms with van der Waals surface area (Å²) in [5.41, 5.74) is 1.26. The molecule has 2 rings (SSSR count). The van der Waals surface area contributed by atoms with E-state index in [1.807, 2.05) is 19.1 Å². The lowest BCUT2D eigenvalue weighted by molar-refractivity contribution is 0.0832. The topological polar surface area (TPSA) is 38.3 Å². The first-order chi connectivity index (χ1) is 10.8. The maximum Gasteiger partial charge on any atom is 0.254 e. The van der Waals surface area contributed by atoms with Crippen LogP contribution in [0.4, 0.5) is 0 Å². The van der Waals surface area contributed by atoms with E-state index in [-0.39, 0.29) is 0 Å². The number of hydrogen-bond donors (Lipinski definition) is 1. The minimum Gasteiger partial charge on any atom is -0.464 e. The molecule has 1 unspecified atom stereocenters. The van der Waals surface area contributed by atoms with Crippen LogP contribution in [0.2, 0.25) is 5.02 Å². The van der Waals surface area contributed by atoms with Gasteiger partial charge in [-0.25, -0.2) is 0 Å². The van der Waals surface area contributed by atoms with Crippen molar-refractivity contribution in [1.82, 2.24) is 5.32 Å². The maximum absolute atomic E-state index is 12.4. The largest absolute Gasteiger partial charge is 0.464 e. The fourth-order valence-electron chi connectivity index (χ4n) is 1.87. The molecule has 0 saturated carbocycles. The first-order valence-corrected chi connectivity index (χ1v) is 8.14. The van der Waals surface area contributed by atoms with E-state index in [0.717, 1.165) is 5.56 Å². The molecule has 0 saturated heterocycles. The van der Waals surface area contributed by atoms with Crippen LogP contribution in [-0.4, -0.2) is 15.9 Å². The van der Waals surface area contributed by atoms with E-state index < -0.39 is 15.9 Å². The van der Waals surface area contributed by atoms with Gasteiger partial charge in [0.2, 0.25) is 10.0 Å². The van der Waals surface area contributed by atoms with Crippen molar-refractivity contribution < 1.29 is 9.53 Å². The van der Waals surface area contributed by atoms with E-state index in [2.05, 4.69) is 5.32 Å². The third kappa shape index (κ3) is 4.92. The number of carbonyl (C=O) groups is 1. The Bertz CT molecular complexity index is 700. The molecule has 0 aromatic heterocycles.